The molecule has 0 saturated carbocycles. The van der Waals surface area contributed by atoms with Crippen LogP contribution in [0.5, 0.6) is 0 Å². The summed E-state index contributed by atoms with van der Waals surface area (Å²) >= 11 is 6.29. The summed E-state index contributed by atoms with van der Waals surface area (Å²) in [4.78, 5) is 0. The van der Waals surface area contributed by atoms with E-state index in [4.69, 9.17) is 17.4 Å². The monoisotopic (exact) mass is 292 g/mol. The molecular weight excluding hydrogens is 272 g/mol. The predicted octanol–water partition coefficient (Wildman–Crippen LogP) is 3.17. The number of aryl methyl sites for hydroxylation is 1. The normalized spacial score (nSPS) is 12.9. The average molecular weight is 293 g/mol. The maximum Gasteiger partial charge on any atom is 0.0834 e. The predicted molar refractivity (Wildman–Crippen MR) is 82.6 cm³/mol. The Labute approximate surface area is 124 Å². The second-order valence-corrected chi connectivity index (χ2v) is 5.67. The molecule has 1 unspecified atom stereocenters. The van der Waals surface area contributed by atoms with Crippen LogP contribution in [0.1, 0.15) is 42.8 Å². The van der Waals surface area contributed by atoms with Crippen LogP contribution in [0.25, 0.3) is 0 Å². The standard InChI is InChI=1S/C15H21ClN4/c1-10(2)20-15(13(16)9-18-20)14(19-17)8-12-7-5-4-6-11(12)3/h4-7,9-10,14,19H,8,17H2,1-3H3. The summed E-state index contributed by atoms with van der Waals surface area (Å²) in [5, 5.41) is 4.99. The summed E-state index contributed by atoms with van der Waals surface area (Å²) in [5.41, 5.74) is 6.31. The maximum atomic E-state index is 6.29. The van der Waals surface area contributed by atoms with E-state index in [2.05, 4.69) is 43.4 Å². The van der Waals surface area contributed by atoms with Crippen molar-refractivity contribution in [2.45, 2.75) is 39.3 Å². The molecule has 0 bridgehead atoms. The number of hydrogen-bond acceptors (Lipinski definition) is 3. The minimum absolute atomic E-state index is 0.0616. The third-order valence-corrected chi connectivity index (χ3v) is 3.78. The summed E-state index contributed by atoms with van der Waals surface area (Å²) in [5.74, 6) is 5.75. The Bertz CT molecular complexity index is 577. The number of halogens is 1. The molecule has 2 rings (SSSR count). The van der Waals surface area contributed by atoms with Crippen LogP contribution in [0.4, 0.5) is 0 Å². The Morgan fingerprint density at radius 2 is 2.05 bits per heavy atom. The second-order valence-electron chi connectivity index (χ2n) is 5.27. The molecule has 0 spiro atoms. The van der Waals surface area contributed by atoms with Gasteiger partial charge in [0.2, 0.25) is 0 Å². The van der Waals surface area contributed by atoms with Gasteiger partial charge in [0.1, 0.15) is 0 Å². The number of benzene rings is 1. The highest BCUT2D eigenvalue weighted by Crippen LogP contribution is 2.28. The lowest BCUT2D eigenvalue weighted by Gasteiger charge is -2.21. The van der Waals surface area contributed by atoms with E-state index in [1.54, 1.807) is 6.20 Å². The van der Waals surface area contributed by atoms with Gasteiger partial charge in [-0.05, 0) is 38.3 Å². The molecular formula is C15H21ClN4. The van der Waals surface area contributed by atoms with Gasteiger partial charge in [0.05, 0.1) is 23.0 Å². The van der Waals surface area contributed by atoms with Crippen molar-refractivity contribution in [1.29, 1.82) is 0 Å². The molecule has 0 amide bonds. The van der Waals surface area contributed by atoms with Crippen molar-refractivity contribution in [1.82, 2.24) is 15.2 Å². The molecule has 20 heavy (non-hydrogen) atoms. The molecule has 0 saturated heterocycles. The van der Waals surface area contributed by atoms with E-state index >= 15 is 0 Å². The van der Waals surface area contributed by atoms with Gasteiger partial charge in [-0.25, -0.2) is 0 Å². The van der Waals surface area contributed by atoms with E-state index < -0.39 is 0 Å². The molecule has 0 aliphatic heterocycles. The lowest BCUT2D eigenvalue weighted by atomic mass is 9.99. The van der Waals surface area contributed by atoms with Crippen LogP contribution in [0, 0.1) is 6.92 Å². The Morgan fingerprint density at radius 3 is 2.65 bits per heavy atom. The van der Waals surface area contributed by atoms with E-state index in [1.807, 2.05) is 16.8 Å². The van der Waals surface area contributed by atoms with Gasteiger partial charge in [-0.1, -0.05) is 35.9 Å². The van der Waals surface area contributed by atoms with E-state index in [0.717, 1.165) is 12.1 Å². The molecule has 1 atom stereocenters. The van der Waals surface area contributed by atoms with Crippen LogP contribution in [-0.2, 0) is 6.42 Å². The highest BCUT2D eigenvalue weighted by atomic mass is 35.5. The first-order valence-electron chi connectivity index (χ1n) is 6.78. The van der Waals surface area contributed by atoms with E-state index in [0.29, 0.717) is 5.02 Å². The van der Waals surface area contributed by atoms with Gasteiger partial charge in [0.25, 0.3) is 0 Å². The van der Waals surface area contributed by atoms with Crippen molar-refractivity contribution in [3.8, 4) is 0 Å². The van der Waals surface area contributed by atoms with Crippen LogP contribution in [0.2, 0.25) is 5.02 Å². The molecule has 1 heterocycles. The first-order chi connectivity index (χ1) is 9.54. The Morgan fingerprint density at radius 1 is 1.35 bits per heavy atom. The zero-order valence-electron chi connectivity index (χ0n) is 12.1. The SMILES string of the molecule is Cc1ccccc1CC(NN)c1c(Cl)cnn1C(C)C. The summed E-state index contributed by atoms with van der Waals surface area (Å²) < 4.78 is 1.92. The summed E-state index contributed by atoms with van der Waals surface area (Å²) in [6.07, 6.45) is 2.46. The fourth-order valence-electron chi connectivity index (χ4n) is 2.38. The smallest absolute Gasteiger partial charge is 0.0834 e. The van der Waals surface area contributed by atoms with Gasteiger partial charge in [0.15, 0.2) is 0 Å². The largest absolute Gasteiger partial charge is 0.271 e. The van der Waals surface area contributed by atoms with E-state index in [9.17, 15) is 0 Å². The topological polar surface area (TPSA) is 55.9 Å². The maximum absolute atomic E-state index is 6.29. The molecule has 3 N–H and O–H groups in total. The third-order valence-electron chi connectivity index (χ3n) is 3.49. The number of hydrogen-bond donors (Lipinski definition) is 2. The second kappa shape index (κ2) is 6.39. The summed E-state index contributed by atoms with van der Waals surface area (Å²) in [7, 11) is 0. The number of rotatable bonds is 5. The lowest BCUT2D eigenvalue weighted by molar-refractivity contribution is 0.447. The number of aromatic nitrogens is 2. The highest BCUT2D eigenvalue weighted by molar-refractivity contribution is 6.31. The van der Waals surface area contributed by atoms with Gasteiger partial charge in [-0.3, -0.25) is 16.0 Å². The molecule has 1 aromatic heterocycles. The molecule has 0 aliphatic rings. The zero-order chi connectivity index (χ0) is 14.7. The van der Waals surface area contributed by atoms with E-state index in [1.165, 1.54) is 11.1 Å². The molecule has 0 fully saturated rings. The molecule has 2 aromatic rings. The Balaban J connectivity index is 2.34. The van der Waals surface area contributed by atoms with Crippen molar-refractivity contribution in [3.05, 3.63) is 52.3 Å². The Kier molecular flexibility index (Phi) is 4.81. The summed E-state index contributed by atoms with van der Waals surface area (Å²) in [6.45, 7) is 6.26. The van der Waals surface area contributed by atoms with Gasteiger partial charge in [0, 0.05) is 6.04 Å². The highest BCUT2D eigenvalue weighted by Gasteiger charge is 2.21. The first kappa shape index (κ1) is 15.0. The van der Waals surface area contributed by atoms with Gasteiger partial charge >= 0.3 is 0 Å². The van der Waals surface area contributed by atoms with E-state index in [-0.39, 0.29) is 12.1 Å². The van der Waals surface area contributed by atoms with Crippen molar-refractivity contribution >= 4 is 11.6 Å². The molecule has 0 radical (unpaired) electrons. The minimum Gasteiger partial charge on any atom is -0.271 e. The summed E-state index contributed by atoms with van der Waals surface area (Å²) in [6, 6.07) is 8.47. The van der Waals surface area contributed by atoms with Crippen LogP contribution in [0.15, 0.2) is 30.5 Å². The van der Waals surface area contributed by atoms with Crippen molar-refractivity contribution in [2.24, 2.45) is 5.84 Å². The van der Waals surface area contributed by atoms with Crippen LogP contribution in [0.3, 0.4) is 0 Å². The Hall–Kier alpha value is -1.36. The molecule has 4 nitrogen and oxygen atoms in total. The van der Waals surface area contributed by atoms with Gasteiger partial charge in [-0.15, -0.1) is 0 Å². The molecule has 1 aromatic carbocycles. The quantitative estimate of drug-likeness (QED) is 0.657. The van der Waals surface area contributed by atoms with Crippen LogP contribution in [-0.4, -0.2) is 9.78 Å². The van der Waals surface area contributed by atoms with Crippen molar-refractivity contribution in [3.63, 3.8) is 0 Å². The fraction of sp³-hybridized carbons (Fsp3) is 0.400. The molecule has 5 heteroatoms. The number of nitrogens with two attached hydrogens (primary N) is 1. The van der Waals surface area contributed by atoms with Gasteiger partial charge in [-0.2, -0.15) is 5.10 Å². The number of nitrogens with one attached hydrogen (secondary N) is 1. The van der Waals surface area contributed by atoms with Crippen molar-refractivity contribution in [2.75, 3.05) is 0 Å². The van der Waals surface area contributed by atoms with Crippen molar-refractivity contribution < 1.29 is 0 Å². The average Bonchev–Trinajstić information content (AvgIpc) is 2.80. The van der Waals surface area contributed by atoms with Gasteiger partial charge < -0.3 is 0 Å². The number of nitrogens with zero attached hydrogens (tertiary/aromatic N) is 2. The minimum atomic E-state index is -0.0616. The van der Waals surface area contributed by atoms with Crippen LogP contribution < -0.4 is 11.3 Å². The molecule has 0 aliphatic carbocycles. The van der Waals surface area contributed by atoms with Crippen LogP contribution >= 0.6 is 11.6 Å². The molecule has 108 valence electrons. The first-order valence-corrected chi connectivity index (χ1v) is 7.16. The fourth-order valence-corrected chi connectivity index (χ4v) is 2.64. The zero-order valence-corrected chi connectivity index (χ0v) is 12.9. The third kappa shape index (κ3) is 3.03. The number of hydrazine groups is 1. The lowest BCUT2D eigenvalue weighted by Crippen LogP contribution is -2.32.